The molecule has 1 aliphatic rings. The van der Waals surface area contributed by atoms with Gasteiger partial charge in [-0.2, -0.15) is 0 Å². The molecule has 0 amide bonds. The second kappa shape index (κ2) is 4.21. The highest BCUT2D eigenvalue weighted by molar-refractivity contribution is 9.10. The molecule has 1 aliphatic heterocycles. The van der Waals surface area contributed by atoms with Gasteiger partial charge in [-0.25, -0.2) is 4.39 Å². The summed E-state index contributed by atoms with van der Waals surface area (Å²) >= 11 is 5.26. The van der Waals surface area contributed by atoms with Crippen molar-refractivity contribution in [1.29, 1.82) is 0 Å². The van der Waals surface area contributed by atoms with Crippen LogP contribution < -0.4 is 5.32 Å². The number of nitrogens with one attached hydrogen (secondary N) is 1. The first kappa shape index (κ1) is 10.5. The molecule has 1 aromatic carbocycles. The first-order valence-electron chi connectivity index (χ1n) is 4.50. The molecule has 1 heterocycles. The van der Waals surface area contributed by atoms with Crippen LogP contribution in [0.3, 0.4) is 0 Å². The molecule has 14 heavy (non-hydrogen) atoms. The van der Waals surface area contributed by atoms with Crippen LogP contribution in [0.4, 0.5) is 4.39 Å². The van der Waals surface area contributed by atoms with Crippen LogP contribution in [0.2, 0.25) is 0 Å². The van der Waals surface area contributed by atoms with E-state index < -0.39 is 0 Å². The largest absolute Gasteiger partial charge is 0.300 e. The molecule has 0 spiro atoms. The zero-order chi connectivity index (χ0) is 10.1. The van der Waals surface area contributed by atoms with Crippen molar-refractivity contribution in [3.05, 3.63) is 34.1 Å². The van der Waals surface area contributed by atoms with Crippen LogP contribution >= 0.6 is 27.7 Å². The van der Waals surface area contributed by atoms with Gasteiger partial charge in [-0.3, -0.25) is 0 Å². The van der Waals surface area contributed by atoms with E-state index in [4.69, 9.17) is 0 Å². The molecule has 1 nitrogen and oxygen atoms in total. The Bertz CT molecular complexity index is 345. The van der Waals surface area contributed by atoms with E-state index in [-0.39, 0.29) is 5.82 Å². The van der Waals surface area contributed by atoms with Crippen molar-refractivity contribution in [2.75, 3.05) is 6.54 Å². The number of rotatable bonds is 1. The molecule has 1 aromatic rings. The molecule has 2 unspecified atom stereocenters. The molecule has 76 valence electrons. The van der Waals surface area contributed by atoms with E-state index in [2.05, 4.69) is 28.2 Å². The van der Waals surface area contributed by atoms with Gasteiger partial charge in [0, 0.05) is 16.3 Å². The van der Waals surface area contributed by atoms with Crippen molar-refractivity contribution < 1.29 is 4.39 Å². The Morgan fingerprint density at radius 3 is 2.93 bits per heavy atom. The fourth-order valence-electron chi connectivity index (χ4n) is 1.50. The number of benzene rings is 1. The van der Waals surface area contributed by atoms with Crippen molar-refractivity contribution in [1.82, 2.24) is 5.32 Å². The van der Waals surface area contributed by atoms with Crippen molar-refractivity contribution in [2.24, 2.45) is 0 Å². The standard InChI is InChI=1S/C10H11BrFNS/c1-6-5-13-10(14-6)8-3-2-7(12)4-9(8)11/h2-4,6,10,13H,5H2,1H3. The van der Waals surface area contributed by atoms with Crippen LogP contribution in [-0.2, 0) is 0 Å². The second-order valence-electron chi connectivity index (χ2n) is 3.40. The van der Waals surface area contributed by atoms with Crippen LogP contribution in [-0.4, -0.2) is 11.8 Å². The fraction of sp³-hybridized carbons (Fsp3) is 0.400. The molecule has 2 atom stereocenters. The molecule has 0 aromatic heterocycles. The lowest BCUT2D eigenvalue weighted by atomic mass is 10.2. The summed E-state index contributed by atoms with van der Waals surface area (Å²) < 4.78 is 13.7. The van der Waals surface area contributed by atoms with Crippen molar-refractivity contribution >= 4 is 27.7 Å². The van der Waals surface area contributed by atoms with Crippen LogP contribution in [0.25, 0.3) is 0 Å². The SMILES string of the molecule is CC1CNC(c2ccc(F)cc2Br)S1. The van der Waals surface area contributed by atoms with E-state index in [0.717, 1.165) is 16.6 Å². The third kappa shape index (κ3) is 2.12. The maximum absolute atomic E-state index is 12.9. The molecule has 0 radical (unpaired) electrons. The predicted molar refractivity (Wildman–Crippen MR) is 61.9 cm³/mol. The second-order valence-corrected chi connectivity index (χ2v) is 5.80. The first-order chi connectivity index (χ1) is 6.66. The predicted octanol–water partition coefficient (Wildman–Crippen LogP) is 3.31. The van der Waals surface area contributed by atoms with Crippen LogP contribution in [0.5, 0.6) is 0 Å². The third-order valence-corrected chi connectivity index (χ3v) is 4.21. The summed E-state index contributed by atoms with van der Waals surface area (Å²) in [6.45, 7) is 3.20. The van der Waals surface area contributed by atoms with E-state index in [0.29, 0.717) is 10.6 Å². The Labute approximate surface area is 95.6 Å². The summed E-state index contributed by atoms with van der Waals surface area (Å²) in [6, 6.07) is 4.86. The van der Waals surface area contributed by atoms with Gasteiger partial charge in [0.1, 0.15) is 5.82 Å². The van der Waals surface area contributed by atoms with E-state index in [1.807, 2.05) is 17.8 Å². The average molecular weight is 276 g/mol. The Morgan fingerprint density at radius 2 is 2.36 bits per heavy atom. The molecule has 0 saturated carbocycles. The van der Waals surface area contributed by atoms with E-state index in [1.165, 1.54) is 12.1 Å². The minimum atomic E-state index is -0.198. The third-order valence-electron chi connectivity index (χ3n) is 2.20. The maximum atomic E-state index is 12.9. The summed E-state index contributed by atoms with van der Waals surface area (Å²) in [4.78, 5) is 0. The minimum Gasteiger partial charge on any atom is -0.300 e. The lowest BCUT2D eigenvalue weighted by Gasteiger charge is -2.12. The molecular formula is C10H11BrFNS. The molecule has 2 rings (SSSR count). The average Bonchev–Trinajstić information content (AvgIpc) is 2.51. The molecular weight excluding hydrogens is 265 g/mol. The lowest BCUT2D eigenvalue weighted by molar-refractivity contribution is 0.624. The maximum Gasteiger partial charge on any atom is 0.124 e. The summed E-state index contributed by atoms with van der Waals surface area (Å²) in [5.41, 5.74) is 1.13. The van der Waals surface area contributed by atoms with Crippen molar-refractivity contribution in [3.8, 4) is 0 Å². The van der Waals surface area contributed by atoms with Gasteiger partial charge in [0.25, 0.3) is 0 Å². The number of thioether (sulfide) groups is 1. The van der Waals surface area contributed by atoms with Gasteiger partial charge >= 0.3 is 0 Å². The fourth-order valence-corrected chi connectivity index (χ4v) is 3.43. The number of halogens is 2. The molecule has 0 aliphatic carbocycles. The molecule has 4 heteroatoms. The van der Waals surface area contributed by atoms with Gasteiger partial charge in [0.2, 0.25) is 0 Å². The highest BCUT2D eigenvalue weighted by Crippen LogP contribution is 2.37. The van der Waals surface area contributed by atoms with Gasteiger partial charge in [-0.05, 0) is 17.7 Å². The monoisotopic (exact) mass is 275 g/mol. The Kier molecular flexibility index (Phi) is 3.14. The Balaban J connectivity index is 2.24. The van der Waals surface area contributed by atoms with Gasteiger partial charge in [0.05, 0.1) is 5.37 Å². The van der Waals surface area contributed by atoms with E-state index in [9.17, 15) is 4.39 Å². The van der Waals surface area contributed by atoms with Gasteiger partial charge in [-0.1, -0.05) is 28.9 Å². The van der Waals surface area contributed by atoms with E-state index in [1.54, 1.807) is 0 Å². The topological polar surface area (TPSA) is 12.0 Å². The number of hydrogen-bond donors (Lipinski definition) is 1. The smallest absolute Gasteiger partial charge is 0.124 e. The quantitative estimate of drug-likeness (QED) is 0.844. The lowest BCUT2D eigenvalue weighted by Crippen LogP contribution is -2.14. The number of hydrogen-bond acceptors (Lipinski definition) is 2. The summed E-state index contributed by atoms with van der Waals surface area (Å²) in [6.07, 6.45) is 0. The molecule has 0 bridgehead atoms. The van der Waals surface area contributed by atoms with Crippen LogP contribution in [0, 0.1) is 5.82 Å². The highest BCUT2D eigenvalue weighted by Gasteiger charge is 2.24. The zero-order valence-corrected chi connectivity index (χ0v) is 10.2. The Hall–Kier alpha value is -0.0600. The molecule has 1 N–H and O–H groups in total. The summed E-state index contributed by atoms with van der Waals surface area (Å²) in [5, 5.41) is 4.31. The van der Waals surface area contributed by atoms with Crippen LogP contribution in [0.1, 0.15) is 17.9 Å². The summed E-state index contributed by atoms with van der Waals surface area (Å²) in [5.74, 6) is -0.198. The zero-order valence-electron chi connectivity index (χ0n) is 7.76. The first-order valence-corrected chi connectivity index (χ1v) is 6.24. The molecule has 1 saturated heterocycles. The summed E-state index contributed by atoms with van der Waals surface area (Å²) in [7, 11) is 0. The van der Waals surface area contributed by atoms with Gasteiger partial charge in [0.15, 0.2) is 0 Å². The van der Waals surface area contributed by atoms with E-state index >= 15 is 0 Å². The molecule has 1 fully saturated rings. The van der Waals surface area contributed by atoms with Crippen LogP contribution in [0.15, 0.2) is 22.7 Å². The van der Waals surface area contributed by atoms with Gasteiger partial charge < -0.3 is 5.32 Å². The minimum absolute atomic E-state index is 0.198. The normalized spacial score (nSPS) is 26.8. The van der Waals surface area contributed by atoms with Gasteiger partial charge in [-0.15, -0.1) is 11.8 Å². The highest BCUT2D eigenvalue weighted by atomic mass is 79.9. The Morgan fingerprint density at radius 1 is 1.57 bits per heavy atom. The van der Waals surface area contributed by atoms with Crippen molar-refractivity contribution in [2.45, 2.75) is 17.5 Å². The van der Waals surface area contributed by atoms with Crippen molar-refractivity contribution in [3.63, 3.8) is 0 Å².